The number of unbranched alkanes of at least 4 members (excludes halogenated alkanes) is 2. The average Bonchev–Trinajstić information content (AvgIpc) is 3.25. The van der Waals surface area contributed by atoms with Gasteiger partial charge in [-0.2, -0.15) is 0 Å². The largest absolute Gasteiger partial charge is 0.488 e. The molecule has 0 bridgehead atoms. The highest BCUT2D eigenvalue weighted by molar-refractivity contribution is 5.81. The quantitative estimate of drug-likeness (QED) is 0.189. The molecule has 2 aliphatic rings. The van der Waals surface area contributed by atoms with Gasteiger partial charge in [-0.1, -0.05) is 50.6 Å². The highest BCUT2D eigenvalue weighted by Crippen LogP contribution is 2.39. The fourth-order valence-corrected chi connectivity index (χ4v) is 4.49. The molecule has 0 radical (unpaired) electrons. The molecule has 1 heterocycles. The van der Waals surface area contributed by atoms with Crippen molar-refractivity contribution >= 4 is 5.97 Å². The number of benzene rings is 2. The molecule has 4 rings (SSSR count). The van der Waals surface area contributed by atoms with Crippen molar-refractivity contribution in [3.05, 3.63) is 65.7 Å². The number of esters is 1. The van der Waals surface area contributed by atoms with E-state index in [0.717, 1.165) is 24.7 Å². The minimum atomic E-state index is -0.419. The fourth-order valence-electron chi connectivity index (χ4n) is 4.49. The number of ether oxygens (including phenoxy) is 5. The summed E-state index contributed by atoms with van der Waals surface area (Å²) < 4.78 is 28.1. The molecule has 6 nitrogen and oxygen atoms in total. The first-order valence-corrected chi connectivity index (χ1v) is 12.7. The minimum Gasteiger partial charge on any atom is -0.488 e. The first kappa shape index (κ1) is 25.4. The molecular weight excluding hydrogens is 444 g/mol. The van der Waals surface area contributed by atoms with E-state index < -0.39 is 12.3 Å². The highest BCUT2D eigenvalue weighted by Gasteiger charge is 2.24. The van der Waals surface area contributed by atoms with Gasteiger partial charge < -0.3 is 23.7 Å². The molecule has 188 valence electrons. The zero-order chi connectivity index (χ0) is 24.5. The number of hydrogen-bond acceptors (Lipinski definition) is 6. The van der Waals surface area contributed by atoms with Crippen molar-refractivity contribution in [3.8, 4) is 16.9 Å². The van der Waals surface area contributed by atoms with Crippen molar-refractivity contribution in [2.75, 3.05) is 33.0 Å². The third kappa shape index (κ3) is 7.17. The van der Waals surface area contributed by atoms with E-state index in [1.54, 1.807) is 0 Å². The van der Waals surface area contributed by atoms with E-state index in [2.05, 4.69) is 43.8 Å². The molecule has 1 aliphatic heterocycles. The third-order valence-electron chi connectivity index (χ3n) is 6.36. The zero-order valence-corrected chi connectivity index (χ0v) is 20.6. The van der Waals surface area contributed by atoms with Gasteiger partial charge in [0.1, 0.15) is 18.5 Å². The SMILES string of the molecule is C=CC(=O)OCCCOC1COC(COc2ccc3c(c2)Cc2cc(CCCCC)ccc2-3)OC1. The Morgan fingerprint density at radius 3 is 2.57 bits per heavy atom. The summed E-state index contributed by atoms with van der Waals surface area (Å²) in [5.74, 6) is 0.413. The lowest BCUT2D eigenvalue weighted by Crippen LogP contribution is -2.40. The van der Waals surface area contributed by atoms with Gasteiger partial charge >= 0.3 is 5.97 Å². The fraction of sp³-hybridized carbons (Fsp3) is 0.483. The van der Waals surface area contributed by atoms with Crippen molar-refractivity contribution in [2.24, 2.45) is 0 Å². The smallest absolute Gasteiger partial charge is 0.330 e. The van der Waals surface area contributed by atoms with Crippen LogP contribution in [0.3, 0.4) is 0 Å². The molecule has 1 fully saturated rings. The van der Waals surface area contributed by atoms with E-state index in [1.807, 2.05) is 6.07 Å². The second kappa shape index (κ2) is 12.9. The molecule has 0 atom stereocenters. The molecular formula is C29H36O6. The van der Waals surface area contributed by atoms with Crippen LogP contribution in [-0.4, -0.2) is 51.4 Å². The van der Waals surface area contributed by atoms with Crippen LogP contribution >= 0.6 is 0 Å². The summed E-state index contributed by atoms with van der Waals surface area (Å²) in [7, 11) is 0. The minimum absolute atomic E-state index is 0.133. The van der Waals surface area contributed by atoms with Crippen LogP contribution in [0.25, 0.3) is 11.1 Å². The van der Waals surface area contributed by atoms with Crippen LogP contribution in [0.15, 0.2) is 49.1 Å². The number of hydrogen-bond donors (Lipinski definition) is 0. The van der Waals surface area contributed by atoms with E-state index in [4.69, 9.17) is 23.7 Å². The van der Waals surface area contributed by atoms with Crippen LogP contribution < -0.4 is 4.74 Å². The highest BCUT2D eigenvalue weighted by atomic mass is 16.7. The predicted molar refractivity (Wildman–Crippen MR) is 135 cm³/mol. The van der Waals surface area contributed by atoms with E-state index in [9.17, 15) is 4.79 Å². The van der Waals surface area contributed by atoms with Crippen LogP contribution in [-0.2, 0) is 36.6 Å². The Hall–Kier alpha value is -2.67. The standard InChI is InChI=1S/C29H36O6/c1-3-5-6-8-21-9-11-26-22(15-21)16-23-17-24(10-12-27(23)26)33-20-29-34-18-25(19-35-29)31-13-7-14-32-28(30)4-2/h4,9-12,15,17,25,29H,2-3,5-8,13-14,16,18-20H2,1H3. The summed E-state index contributed by atoms with van der Waals surface area (Å²) in [5, 5.41) is 0. The number of fused-ring (bicyclic) bond motifs is 3. The lowest BCUT2D eigenvalue weighted by Gasteiger charge is -2.29. The van der Waals surface area contributed by atoms with E-state index >= 15 is 0 Å². The molecule has 0 saturated carbocycles. The summed E-state index contributed by atoms with van der Waals surface area (Å²) in [6.45, 7) is 7.61. The predicted octanol–water partition coefficient (Wildman–Crippen LogP) is 5.25. The van der Waals surface area contributed by atoms with Crippen molar-refractivity contribution in [1.82, 2.24) is 0 Å². The Bertz CT molecular complexity index is 993. The van der Waals surface area contributed by atoms with E-state index in [-0.39, 0.29) is 6.10 Å². The van der Waals surface area contributed by atoms with Gasteiger partial charge in [0.15, 0.2) is 6.29 Å². The zero-order valence-electron chi connectivity index (χ0n) is 20.6. The maximum atomic E-state index is 11.0. The van der Waals surface area contributed by atoms with Crippen LogP contribution in [0.5, 0.6) is 5.75 Å². The second-order valence-corrected chi connectivity index (χ2v) is 9.07. The van der Waals surface area contributed by atoms with Gasteiger partial charge in [-0.05, 0) is 59.2 Å². The molecule has 1 saturated heterocycles. The Morgan fingerprint density at radius 1 is 1.03 bits per heavy atom. The average molecular weight is 481 g/mol. The van der Waals surface area contributed by atoms with Crippen LogP contribution in [0.1, 0.15) is 49.3 Å². The normalized spacial score (nSPS) is 18.5. The van der Waals surface area contributed by atoms with Gasteiger partial charge in [0.2, 0.25) is 0 Å². The van der Waals surface area contributed by atoms with E-state index in [1.165, 1.54) is 47.1 Å². The monoisotopic (exact) mass is 480 g/mol. The Kier molecular flexibility index (Phi) is 9.35. The van der Waals surface area contributed by atoms with Gasteiger partial charge in [0.25, 0.3) is 0 Å². The summed E-state index contributed by atoms with van der Waals surface area (Å²) in [6.07, 6.45) is 7.12. The van der Waals surface area contributed by atoms with Crippen molar-refractivity contribution < 1.29 is 28.5 Å². The van der Waals surface area contributed by atoms with Crippen molar-refractivity contribution in [2.45, 2.75) is 57.8 Å². The maximum absolute atomic E-state index is 11.0. The van der Waals surface area contributed by atoms with Gasteiger partial charge in [0.05, 0.1) is 26.4 Å². The summed E-state index contributed by atoms with van der Waals surface area (Å²) in [5.41, 5.74) is 6.80. The summed E-state index contributed by atoms with van der Waals surface area (Å²) in [6, 6.07) is 13.3. The van der Waals surface area contributed by atoms with Crippen LogP contribution in [0.2, 0.25) is 0 Å². The van der Waals surface area contributed by atoms with Gasteiger partial charge in [-0.15, -0.1) is 0 Å². The molecule has 2 aromatic rings. The molecule has 0 unspecified atom stereocenters. The van der Waals surface area contributed by atoms with Crippen molar-refractivity contribution in [3.63, 3.8) is 0 Å². The lowest BCUT2D eigenvalue weighted by atomic mass is 10.0. The number of carbonyl (C=O) groups excluding carboxylic acids is 1. The third-order valence-corrected chi connectivity index (χ3v) is 6.36. The molecule has 0 spiro atoms. The molecule has 0 aromatic heterocycles. The van der Waals surface area contributed by atoms with Gasteiger partial charge in [0, 0.05) is 12.5 Å². The summed E-state index contributed by atoms with van der Waals surface area (Å²) in [4.78, 5) is 11.0. The van der Waals surface area contributed by atoms with Crippen molar-refractivity contribution in [1.29, 1.82) is 0 Å². The molecule has 0 amide bonds. The van der Waals surface area contributed by atoms with Gasteiger partial charge in [-0.3, -0.25) is 0 Å². The lowest BCUT2D eigenvalue weighted by molar-refractivity contribution is -0.234. The summed E-state index contributed by atoms with van der Waals surface area (Å²) >= 11 is 0. The first-order chi connectivity index (χ1) is 17.2. The number of aryl methyl sites for hydroxylation is 1. The van der Waals surface area contributed by atoms with E-state index in [0.29, 0.717) is 39.5 Å². The Labute approximate surface area is 208 Å². The second-order valence-electron chi connectivity index (χ2n) is 9.07. The van der Waals surface area contributed by atoms with Crippen LogP contribution in [0.4, 0.5) is 0 Å². The molecule has 2 aromatic carbocycles. The van der Waals surface area contributed by atoms with Gasteiger partial charge in [-0.25, -0.2) is 4.79 Å². The Morgan fingerprint density at radius 2 is 1.80 bits per heavy atom. The number of carbonyl (C=O) groups is 1. The molecule has 0 N–H and O–H groups in total. The first-order valence-electron chi connectivity index (χ1n) is 12.7. The molecule has 6 heteroatoms. The maximum Gasteiger partial charge on any atom is 0.330 e. The molecule has 1 aliphatic carbocycles. The number of rotatable bonds is 13. The molecule has 35 heavy (non-hydrogen) atoms. The van der Waals surface area contributed by atoms with Crippen LogP contribution in [0, 0.1) is 0 Å². The Balaban J connectivity index is 1.18. The topological polar surface area (TPSA) is 63.2 Å².